The molecule has 74 valence electrons. The fourth-order valence-corrected chi connectivity index (χ4v) is 2.57. The van der Waals surface area contributed by atoms with E-state index in [9.17, 15) is 0 Å². The molecular weight excluding hydrogens is 202 g/mol. The first-order chi connectivity index (χ1) is 6.19. The second kappa shape index (κ2) is 4.98. The quantitative estimate of drug-likeness (QED) is 0.783. The highest BCUT2D eigenvalue weighted by Gasteiger charge is 2.12. The van der Waals surface area contributed by atoms with E-state index in [1.165, 1.54) is 10.6 Å². The molecule has 1 rings (SSSR count). The first-order valence-electron chi connectivity index (χ1n) is 4.27. The lowest BCUT2D eigenvalue weighted by Crippen LogP contribution is -1.92. The number of methoxy groups -OCH3 is 1. The number of thiazole rings is 1. The lowest BCUT2D eigenvalue weighted by Gasteiger charge is -2.01. The Labute approximate surface area is 88.7 Å². The molecule has 0 atom stereocenters. The maximum Gasteiger partial charge on any atom is 0.119 e. The van der Waals surface area contributed by atoms with Gasteiger partial charge in [-0.05, 0) is 5.92 Å². The minimum Gasteiger partial charge on any atom is -0.378 e. The number of thiol groups is 1. The number of rotatable bonds is 4. The average molecular weight is 217 g/mol. The van der Waals surface area contributed by atoms with E-state index in [0.717, 1.165) is 10.8 Å². The zero-order valence-electron chi connectivity index (χ0n) is 8.20. The van der Waals surface area contributed by atoms with E-state index < -0.39 is 0 Å². The van der Waals surface area contributed by atoms with Crippen molar-refractivity contribution in [3.63, 3.8) is 0 Å². The zero-order valence-corrected chi connectivity index (χ0v) is 9.91. The van der Waals surface area contributed by atoms with Crippen LogP contribution in [0.5, 0.6) is 0 Å². The minimum atomic E-state index is 0.476. The van der Waals surface area contributed by atoms with Gasteiger partial charge in [-0.15, -0.1) is 11.3 Å². The lowest BCUT2D eigenvalue weighted by atomic mass is 10.1. The molecular formula is C9H15NOS2. The summed E-state index contributed by atoms with van der Waals surface area (Å²) in [4.78, 5) is 5.78. The molecule has 0 N–H and O–H groups in total. The second-order valence-electron chi connectivity index (χ2n) is 3.16. The highest BCUT2D eigenvalue weighted by molar-refractivity contribution is 7.79. The molecule has 1 aromatic rings. The Morgan fingerprint density at radius 3 is 2.62 bits per heavy atom. The third-order valence-corrected chi connectivity index (χ3v) is 3.30. The zero-order chi connectivity index (χ0) is 9.84. The van der Waals surface area contributed by atoms with E-state index in [1.54, 1.807) is 18.4 Å². The van der Waals surface area contributed by atoms with Gasteiger partial charge in [-0.2, -0.15) is 12.6 Å². The van der Waals surface area contributed by atoms with Crippen LogP contribution in [0.1, 0.15) is 35.3 Å². The van der Waals surface area contributed by atoms with Crippen LogP contribution in [0.3, 0.4) is 0 Å². The van der Waals surface area contributed by atoms with E-state index in [2.05, 4.69) is 31.5 Å². The van der Waals surface area contributed by atoms with Crippen LogP contribution >= 0.6 is 24.0 Å². The van der Waals surface area contributed by atoms with Crippen molar-refractivity contribution in [3.05, 3.63) is 15.6 Å². The highest BCUT2D eigenvalue weighted by Crippen LogP contribution is 2.26. The van der Waals surface area contributed by atoms with Crippen LogP contribution in [0.4, 0.5) is 0 Å². The van der Waals surface area contributed by atoms with Gasteiger partial charge in [-0.1, -0.05) is 13.8 Å². The molecule has 1 heterocycles. The van der Waals surface area contributed by atoms with Crippen molar-refractivity contribution in [3.8, 4) is 0 Å². The summed E-state index contributed by atoms with van der Waals surface area (Å²) >= 11 is 5.99. The van der Waals surface area contributed by atoms with Gasteiger partial charge in [0.1, 0.15) is 5.01 Å². The van der Waals surface area contributed by atoms with E-state index in [-0.39, 0.29) is 0 Å². The molecule has 0 aliphatic carbocycles. The van der Waals surface area contributed by atoms with E-state index >= 15 is 0 Å². The number of ether oxygens (including phenoxy) is 1. The summed E-state index contributed by atoms with van der Waals surface area (Å²) in [5.41, 5.74) is 1.17. The largest absolute Gasteiger partial charge is 0.378 e. The van der Waals surface area contributed by atoms with Gasteiger partial charge in [0.25, 0.3) is 0 Å². The molecule has 13 heavy (non-hydrogen) atoms. The standard InChI is InChI=1S/C9H15NOS2/c1-6(2)9-7(5-12)13-8(10-9)4-11-3/h6,12H,4-5H2,1-3H3. The molecule has 0 spiro atoms. The van der Waals surface area contributed by atoms with Crippen molar-refractivity contribution in [1.82, 2.24) is 4.98 Å². The fourth-order valence-electron chi connectivity index (χ4n) is 1.16. The molecule has 2 nitrogen and oxygen atoms in total. The van der Waals surface area contributed by atoms with Gasteiger partial charge in [0.2, 0.25) is 0 Å². The second-order valence-corrected chi connectivity index (χ2v) is 4.65. The fraction of sp³-hybridized carbons (Fsp3) is 0.667. The minimum absolute atomic E-state index is 0.476. The summed E-state index contributed by atoms with van der Waals surface area (Å²) in [6, 6.07) is 0. The molecule has 0 unspecified atom stereocenters. The first kappa shape index (κ1) is 11.0. The predicted molar refractivity (Wildman–Crippen MR) is 59.6 cm³/mol. The van der Waals surface area contributed by atoms with E-state index in [1.807, 2.05) is 0 Å². The van der Waals surface area contributed by atoms with Gasteiger partial charge in [0.05, 0.1) is 12.3 Å². The van der Waals surface area contributed by atoms with Crippen LogP contribution in [0, 0.1) is 0 Å². The Hall–Kier alpha value is -0.0600. The van der Waals surface area contributed by atoms with Crippen molar-refractivity contribution < 1.29 is 4.74 Å². The van der Waals surface area contributed by atoms with Gasteiger partial charge in [0.15, 0.2) is 0 Å². The van der Waals surface area contributed by atoms with Crippen molar-refractivity contribution >= 4 is 24.0 Å². The number of hydrogen-bond acceptors (Lipinski definition) is 4. The molecule has 1 aromatic heterocycles. The normalized spacial score (nSPS) is 11.2. The van der Waals surface area contributed by atoms with Crippen LogP contribution in [0.15, 0.2) is 0 Å². The topological polar surface area (TPSA) is 22.1 Å². The monoisotopic (exact) mass is 217 g/mol. The van der Waals surface area contributed by atoms with Crippen molar-refractivity contribution in [2.75, 3.05) is 7.11 Å². The number of nitrogens with zero attached hydrogens (tertiary/aromatic N) is 1. The maximum atomic E-state index is 5.04. The van der Waals surface area contributed by atoms with Crippen LogP contribution in [-0.4, -0.2) is 12.1 Å². The molecule has 0 aliphatic heterocycles. The smallest absolute Gasteiger partial charge is 0.119 e. The Kier molecular flexibility index (Phi) is 4.22. The molecule has 0 fully saturated rings. The van der Waals surface area contributed by atoms with Crippen molar-refractivity contribution in [2.24, 2.45) is 0 Å². The van der Waals surface area contributed by atoms with Crippen LogP contribution < -0.4 is 0 Å². The average Bonchev–Trinajstić information content (AvgIpc) is 2.48. The molecule has 0 aliphatic rings. The third-order valence-electron chi connectivity index (χ3n) is 1.73. The maximum absolute atomic E-state index is 5.04. The van der Waals surface area contributed by atoms with Crippen LogP contribution in [-0.2, 0) is 17.1 Å². The Bertz CT molecular complexity index is 271. The first-order valence-corrected chi connectivity index (χ1v) is 5.72. The van der Waals surface area contributed by atoms with Crippen molar-refractivity contribution in [1.29, 1.82) is 0 Å². The van der Waals surface area contributed by atoms with Crippen LogP contribution in [0.2, 0.25) is 0 Å². The summed E-state index contributed by atoms with van der Waals surface area (Å²) in [5.74, 6) is 1.25. The van der Waals surface area contributed by atoms with Gasteiger partial charge in [0, 0.05) is 17.7 Å². The highest BCUT2D eigenvalue weighted by atomic mass is 32.1. The Morgan fingerprint density at radius 2 is 2.23 bits per heavy atom. The molecule has 0 saturated heterocycles. The Balaban J connectivity index is 2.90. The number of hydrogen-bond donors (Lipinski definition) is 1. The SMILES string of the molecule is COCc1nc(C(C)C)c(CS)s1. The summed E-state index contributed by atoms with van der Waals surface area (Å²) in [7, 11) is 1.69. The Morgan fingerprint density at radius 1 is 1.54 bits per heavy atom. The van der Waals surface area contributed by atoms with Crippen LogP contribution in [0.25, 0.3) is 0 Å². The molecule has 0 saturated carbocycles. The molecule has 0 aromatic carbocycles. The van der Waals surface area contributed by atoms with Gasteiger partial charge in [-0.3, -0.25) is 0 Å². The van der Waals surface area contributed by atoms with E-state index in [4.69, 9.17) is 4.74 Å². The van der Waals surface area contributed by atoms with Gasteiger partial charge >= 0.3 is 0 Å². The third kappa shape index (κ3) is 2.69. The summed E-state index contributed by atoms with van der Waals surface area (Å²) in [6.45, 7) is 4.91. The lowest BCUT2D eigenvalue weighted by molar-refractivity contribution is 0.184. The molecule has 0 radical (unpaired) electrons. The van der Waals surface area contributed by atoms with E-state index in [0.29, 0.717) is 12.5 Å². The molecule has 0 bridgehead atoms. The number of aromatic nitrogens is 1. The summed E-state index contributed by atoms with van der Waals surface area (Å²) in [5, 5.41) is 1.05. The summed E-state index contributed by atoms with van der Waals surface area (Å²) in [6.07, 6.45) is 0. The van der Waals surface area contributed by atoms with Crippen molar-refractivity contribution in [2.45, 2.75) is 32.1 Å². The molecule has 0 amide bonds. The summed E-state index contributed by atoms with van der Waals surface area (Å²) < 4.78 is 5.04. The molecule has 4 heteroatoms. The van der Waals surface area contributed by atoms with Gasteiger partial charge in [-0.25, -0.2) is 4.98 Å². The van der Waals surface area contributed by atoms with Gasteiger partial charge < -0.3 is 4.74 Å². The predicted octanol–water partition coefficient (Wildman–Crippen LogP) is 2.84.